The van der Waals surface area contributed by atoms with Crippen LogP contribution in [0.5, 0.6) is 5.75 Å². The lowest BCUT2D eigenvalue weighted by atomic mass is 10.2. The molecule has 9 heteroatoms. The number of carbonyl (C=O) groups is 3. The summed E-state index contributed by atoms with van der Waals surface area (Å²) in [4.78, 5) is 40.4. The van der Waals surface area contributed by atoms with Crippen molar-refractivity contribution in [3.63, 3.8) is 0 Å². The van der Waals surface area contributed by atoms with Gasteiger partial charge >= 0.3 is 0 Å². The van der Waals surface area contributed by atoms with Crippen LogP contribution in [0.2, 0.25) is 5.02 Å². The quantitative estimate of drug-likeness (QED) is 0.634. The molecule has 4 rings (SSSR count). The normalized spacial score (nSPS) is 18.0. The van der Waals surface area contributed by atoms with Gasteiger partial charge in [0, 0.05) is 18.1 Å². The molecule has 31 heavy (non-hydrogen) atoms. The number of hydrogen-bond acceptors (Lipinski definition) is 6. The minimum absolute atomic E-state index is 0.0438. The summed E-state index contributed by atoms with van der Waals surface area (Å²) < 4.78 is 10.8. The molecule has 0 saturated carbocycles. The van der Waals surface area contributed by atoms with E-state index < -0.39 is 5.91 Å². The highest BCUT2D eigenvalue weighted by molar-refractivity contribution is 8.19. The zero-order valence-electron chi connectivity index (χ0n) is 16.5. The van der Waals surface area contributed by atoms with Gasteiger partial charge in [-0.25, -0.2) is 4.90 Å². The summed E-state index contributed by atoms with van der Waals surface area (Å²) in [6.07, 6.45) is 1.65. The SMILES string of the molecule is O=C(COc1ccc(/C=C2\SC(=O)N(c3cccc(Cl)c3)C2=O)cc1)N1CCOCC1. The van der Waals surface area contributed by atoms with Gasteiger partial charge in [0.05, 0.1) is 23.8 Å². The zero-order valence-corrected chi connectivity index (χ0v) is 18.0. The average Bonchev–Trinajstić information content (AvgIpc) is 3.06. The monoisotopic (exact) mass is 458 g/mol. The molecule has 0 N–H and O–H groups in total. The van der Waals surface area contributed by atoms with Crippen molar-refractivity contribution in [1.29, 1.82) is 0 Å². The summed E-state index contributed by atoms with van der Waals surface area (Å²) in [5.74, 6) is 0.0709. The van der Waals surface area contributed by atoms with Crippen molar-refractivity contribution in [3.05, 3.63) is 64.0 Å². The van der Waals surface area contributed by atoms with Gasteiger partial charge < -0.3 is 14.4 Å². The third-order valence-electron chi connectivity index (χ3n) is 4.76. The van der Waals surface area contributed by atoms with Gasteiger partial charge in [-0.05, 0) is 53.7 Å². The average molecular weight is 459 g/mol. The maximum atomic E-state index is 12.7. The zero-order chi connectivity index (χ0) is 21.8. The van der Waals surface area contributed by atoms with Crippen LogP contribution in [0.15, 0.2) is 53.4 Å². The van der Waals surface area contributed by atoms with E-state index in [2.05, 4.69) is 0 Å². The van der Waals surface area contributed by atoms with Crippen molar-refractivity contribution >= 4 is 52.2 Å². The molecule has 0 atom stereocenters. The largest absolute Gasteiger partial charge is 0.484 e. The van der Waals surface area contributed by atoms with Gasteiger partial charge in [-0.2, -0.15) is 0 Å². The van der Waals surface area contributed by atoms with Crippen LogP contribution in [-0.2, 0) is 14.3 Å². The molecule has 3 amide bonds. The highest BCUT2D eigenvalue weighted by Gasteiger charge is 2.36. The lowest BCUT2D eigenvalue weighted by Gasteiger charge is -2.26. The predicted octanol–water partition coefficient (Wildman–Crippen LogP) is 3.82. The van der Waals surface area contributed by atoms with E-state index in [1.807, 2.05) is 0 Å². The molecule has 2 heterocycles. The number of rotatable bonds is 5. The Hall–Kier alpha value is -2.81. The minimum Gasteiger partial charge on any atom is -0.484 e. The summed E-state index contributed by atoms with van der Waals surface area (Å²) >= 11 is 6.85. The molecule has 0 aromatic heterocycles. The molecular formula is C22H19ClN2O5S. The molecule has 2 fully saturated rings. The van der Waals surface area contributed by atoms with Crippen LogP contribution in [0.25, 0.3) is 6.08 Å². The van der Waals surface area contributed by atoms with Crippen molar-refractivity contribution in [2.24, 2.45) is 0 Å². The van der Waals surface area contributed by atoms with Gasteiger partial charge in [0.25, 0.3) is 17.1 Å². The molecule has 2 aromatic carbocycles. The molecule has 7 nitrogen and oxygen atoms in total. The van der Waals surface area contributed by atoms with Gasteiger partial charge in [-0.15, -0.1) is 0 Å². The van der Waals surface area contributed by atoms with E-state index in [0.717, 1.165) is 22.2 Å². The van der Waals surface area contributed by atoms with E-state index in [4.69, 9.17) is 21.1 Å². The van der Waals surface area contributed by atoms with E-state index >= 15 is 0 Å². The van der Waals surface area contributed by atoms with E-state index in [1.165, 1.54) is 0 Å². The number of anilines is 1. The van der Waals surface area contributed by atoms with Gasteiger partial charge in [0.1, 0.15) is 5.75 Å². The maximum absolute atomic E-state index is 12.7. The number of amides is 3. The second kappa shape index (κ2) is 9.55. The van der Waals surface area contributed by atoms with Crippen LogP contribution in [0.3, 0.4) is 0 Å². The number of benzene rings is 2. The number of nitrogens with zero attached hydrogens (tertiary/aromatic N) is 2. The summed E-state index contributed by atoms with van der Waals surface area (Å²) in [6.45, 7) is 2.20. The molecule has 0 unspecified atom stereocenters. The Balaban J connectivity index is 1.39. The van der Waals surface area contributed by atoms with Crippen LogP contribution in [0.1, 0.15) is 5.56 Å². The first kappa shape index (κ1) is 21.4. The first-order chi connectivity index (χ1) is 15.0. The summed E-state index contributed by atoms with van der Waals surface area (Å²) in [6, 6.07) is 13.6. The summed E-state index contributed by atoms with van der Waals surface area (Å²) in [5.41, 5.74) is 1.18. The summed E-state index contributed by atoms with van der Waals surface area (Å²) in [7, 11) is 0. The third kappa shape index (κ3) is 5.10. The standard InChI is InChI=1S/C22H19ClN2O5S/c23-16-2-1-3-17(13-16)25-21(27)19(31-22(25)28)12-15-4-6-18(7-5-15)30-14-20(26)24-8-10-29-11-9-24/h1-7,12-13H,8-11,14H2/b19-12-. The molecule has 2 saturated heterocycles. The second-order valence-corrected chi connectivity index (χ2v) is 8.28. The Bertz CT molecular complexity index is 1030. The highest BCUT2D eigenvalue weighted by atomic mass is 35.5. The van der Waals surface area contributed by atoms with E-state index in [1.54, 1.807) is 59.5 Å². The number of morpholine rings is 1. The Morgan fingerprint density at radius 1 is 1.13 bits per heavy atom. The van der Waals surface area contributed by atoms with Crippen LogP contribution in [0.4, 0.5) is 10.5 Å². The fraction of sp³-hybridized carbons (Fsp3) is 0.227. The molecule has 160 valence electrons. The topological polar surface area (TPSA) is 76.2 Å². The Morgan fingerprint density at radius 2 is 1.87 bits per heavy atom. The summed E-state index contributed by atoms with van der Waals surface area (Å²) in [5, 5.41) is 0.0725. The molecule has 0 aliphatic carbocycles. The van der Waals surface area contributed by atoms with Crippen LogP contribution < -0.4 is 9.64 Å². The Labute approximate surface area is 188 Å². The first-order valence-electron chi connectivity index (χ1n) is 9.63. The van der Waals surface area contributed by atoms with E-state index in [9.17, 15) is 14.4 Å². The van der Waals surface area contributed by atoms with Crippen molar-refractivity contribution in [2.45, 2.75) is 0 Å². The number of hydrogen-bond donors (Lipinski definition) is 0. The number of carbonyl (C=O) groups excluding carboxylic acids is 3. The molecule has 2 aliphatic rings. The third-order valence-corrected chi connectivity index (χ3v) is 5.87. The molecular weight excluding hydrogens is 440 g/mol. The smallest absolute Gasteiger partial charge is 0.298 e. The predicted molar refractivity (Wildman–Crippen MR) is 119 cm³/mol. The van der Waals surface area contributed by atoms with E-state index in [0.29, 0.717) is 47.7 Å². The van der Waals surface area contributed by atoms with E-state index in [-0.39, 0.29) is 17.8 Å². The van der Waals surface area contributed by atoms with Gasteiger partial charge in [-0.1, -0.05) is 29.8 Å². The molecule has 2 aromatic rings. The van der Waals surface area contributed by atoms with Crippen molar-refractivity contribution < 1.29 is 23.9 Å². The van der Waals surface area contributed by atoms with Crippen molar-refractivity contribution in [1.82, 2.24) is 4.90 Å². The van der Waals surface area contributed by atoms with Crippen molar-refractivity contribution in [2.75, 3.05) is 37.8 Å². The molecule has 0 radical (unpaired) electrons. The highest BCUT2D eigenvalue weighted by Crippen LogP contribution is 2.36. The number of thioether (sulfide) groups is 1. The minimum atomic E-state index is -0.395. The first-order valence-corrected chi connectivity index (χ1v) is 10.8. The van der Waals surface area contributed by atoms with Crippen LogP contribution >= 0.6 is 23.4 Å². The fourth-order valence-corrected chi connectivity index (χ4v) is 4.19. The Morgan fingerprint density at radius 3 is 2.58 bits per heavy atom. The Kier molecular flexibility index (Phi) is 6.60. The lowest BCUT2D eigenvalue weighted by molar-refractivity contribution is -0.137. The fourth-order valence-electron chi connectivity index (χ4n) is 3.17. The maximum Gasteiger partial charge on any atom is 0.298 e. The lowest BCUT2D eigenvalue weighted by Crippen LogP contribution is -2.42. The van der Waals surface area contributed by atoms with Crippen LogP contribution in [-0.4, -0.2) is 54.9 Å². The van der Waals surface area contributed by atoms with Crippen LogP contribution in [0, 0.1) is 0 Å². The van der Waals surface area contributed by atoms with Gasteiger partial charge in [0.15, 0.2) is 6.61 Å². The number of halogens is 1. The molecule has 0 spiro atoms. The van der Waals surface area contributed by atoms with Crippen molar-refractivity contribution in [3.8, 4) is 5.75 Å². The number of imide groups is 1. The molecule has 2 aliphatic heterocycles. The van der Waals surface area contributed by atoms with Gasteiger partial charge in [-0.3, -0.25) is 14.4 Å². The number of ether oxygens (including phenoxy) is 2. The molecule has 0 bridgehead atoms. The van der Waals surface area contributed by atoms with Gasteiger partial charge in [0.2, 0.25) is 0 Å². The second-order valence-electron chi connectivity index (χ2n) is 6.85.